The highest BCUT2D eigenvalue weighted by atomic mass is 16.5. The summed E-state index contributed by atoms with van der Waals surface area (Å²) in [6.45, 7) is 2.87. The lowest BCUT2D eigenvalue weighted by atomic mass is 10.1. The van der Waals surface area contributed by atoms with Gasteiger partial charge in [-0.2, -0.15) is 5.26 Å². The number of piperazine rings is 1. The molecule has 2 rings (SSSR count). The van der Waals surface area contributed by atoms with Crippen LogP contribution in [0.5, 0.6) is 5.75 Å². The highest BCUT2D eigenvalue weighted by Crippen LogP contribution is 2.11. The van der Waals surface area contributed by atoms with Gasteiger partial charge in [0.1, 0.15) is 17.4 Å². The third-order valence-corrected chi connectivity index (χ3v) is 4.03. The predicted molar refractivity (Wildman–Crippen MR) is 92.6 cm³/mol. The van der Waals surface area contributed by atoms with Gasteiger partial charge in [-0.05, 0) is 24.1 Å². The number of amides is 2. The second-order valence-corrected chi connectivity index (χ2v) is 5.69. The average Bonchev–Trinajstić information content (AvgIpc) is 2.67. The predicted octanol–water partition coefficient (Wildman–Crippen LogP) is 0.535. The van der Waals surface area contributed by atoms with E-state index in [-0.39, 0.29) is 11.5 Å². The van der Waals surface area contributed by atoms with Crippen molar-refractivity contribution in [3.8, 4) is 11.8 Å². The van der Waals surface area contributed by atoms with E-state index in [4.69, 9.17) is 4.74 Å². The molecule has 1 aromatic rings. The third kappa shape index (κ3) is 5.53. The summed E-state index contributed by atoms with van der Waals surface area (Å²) in [4.78, 5) is 26.4. The first-order valence-corrected chi connectivity index (χ1v) is 8.12. The maximum Gasteiger partial charge on any atom is 0.263 e. The molecule has 0 aromatic heterocycles. The molecule has 1 N–H and O–H groups in total. The van der Waals surface area contributed by atoms with E-state index in [0.717, 1.165) is 17.7 Å². The van der Waals surface area contributed by atoms with Crippen LogP contribution in [0.15, 0.2) is 36.0 Å². The van der Waals surface area contributed by atoms with Crippen molar-refractivity contribution in [3.63, 3.8) is 0 Å². The van der Waals surface area contributed by atoms with Gasteiger partial charge in [0.05, 0.1) is 7.11 Å². The van der Waals surface area contributed by atoms with Crippen LogP contribution in [-0.4, -0.2) is 62.0 Å². The molecule has 1 heterocycles. The zero-order valence-electron chi connectivity index (χ0n) is 14.3. The largest absolute Gasteiger partial charge is 0.497 e. The van der Waals surface area contributed by atoms with Crippen LogP contribution in [0.25, 0.3) is 0 Å². The fourth-order valence-corrected chi connectivity index (χ4v) is 2.50. The van der Waals surface area contributed by atoms with Crippen LogP contribution in [0.2, 0.25) is 0 Å². The summed E-state index contributed by atoms with van der Waals surface area (Å²) in [7, 11) is 1.61. The molecule has 0 aliphatic carbocycles. The minimum Gasteiger partial charge on any atom is -0.497 e. The van der Waals surface area contributed by atoms with Crippen LogP contribution in [0.4, 0.5) is 0 Å². The Morgan fingerprint density at radius 3 is 2.44 bits per heavy atom. The lowest BCUT2D eigenvalue weighted by molar-refractivity contribution is -0.119. The van der Waals surface area contributed by atoms with Gasteiger partial charge in [0.15, 0.2) is 0 Å². The van der Waals surface area contributed by atoms with Crippen LogP contribution < -0.4 is 10.1 Å². The minimum atomic E-state index is -0.381. The summed E-state index contributed by atoms with van der Waals surface area (Å²) in [5.74, 6) is 0.408. The second-order valence-electron chi connectivity index (χ2n) is 5.69. The molecule has 2 amide bonds. The number of methoxy groups -OCH3 is 1. The topological polar surface area (TPSA) is 85.7 Å². The zero-order chi connectivity index (χ0) is 18.1. The number of rotatable bonds is 7. The number of nitriles is 1. The molecule has 1 aliphatic rings. The van der Waals surface area contributed by atoms with Gasteiger partial charge in [-0.3, -0.25) is 9.59 Å². The van der Waals surface area contributed by atoms with Gasteiger partial charge in [0.2, 0.25) is 6.41 Å². The van der Waals surface area contributed by atoms with Crippen LogP contribution >= 0.6 is 0 Å². The average molecular weight is 342 g/mol. The van der Waals surface area contributed by atoms with E-state index < -0.39 is 0 Å². The molecule has 0 spiro atoms. The number of hydrogen-bond donors (Lipinski definition) is 1. The van der Waals surface area contributed by atoms with E-state index >= 15 is 0 Å². The second kappa shape index (κ2) is 9.33. The van der Waals surface area contributed by atoms with Crippen LogP contribution in [0.1, 0.15) is 5.56 Å². The summed E-state index contributed by atoms with van der Waals surface area (Å²) < 4.78 is 5.10. The molecule has 7 heteroatoms. The summed E-state index contributed by atoms with van der Waals surface area (Å²) >= 11 is 0. The third-order valence-electron chi connectivity index (χ3n) is 4.03. The molecular weight excluding hydrogens is 320 g/mol. The van der Waals surface area contributed by atoms with Gasteiger partial charge < -0.3 is 19.9 Å². The van der Waals surface area contributed by atoms with E-state index in [1.54, 1.807) is 18.2 Å². The van der Waals surface area contributed by atoms with Gasteiger partial charge in [-0.25, -0.2) is 0 Å². The quantitative estimate of drug-likeness (QED) is 0.444. The van der Waals surface area contributed by atoms with Gasteiger partial charge >= 0.3 is 0 Å². The number of ether oxygens (including phenoxy) is 1. The van der Waals surface area contributed by atoms with E-state index in [1.165, 1.54) is 0 Å². The monoisotopic (exact) mass is 342 g/mol. The number of benzene rings is 1. The standard InChI is InChI=1S/C18H22N4O3/c1-25-17-4-2-15(3-5-17)6-7-20-18(24)16(12-19)13-21-8-10-22(14-23)11-9-21/h2-5,13-14H,6-11H2,1H3,(H,20,24)/b16-13-. The number of nitrogens with zero attached hydrogens (tertiary/aromatic N) is 3. The van der Waals surface area contributed by atoms with Crippen molar-refractivity contribution in [2.45, 2.75) is 6.42 Å². The SMILES string of the molecule is COc1ccc(CCNC(=O)/C(C#N)=C\N2CCN(C=O)CC2)cc1. The molecule has 1 fully saturated rings. The number of hydrogen-bond acceptors (Lipinski definition) is 5. The zero-order valence-corrected chi connectivity index (χ0v) is 14.3. The summed E-state index contributed by atoms with van der Waals surface area (Å²) in [5, 5.41) is 12.0. The van der Waals surface area contributed by atoms with Gasteiger partial charge in [0.25, 0.3) is 5.91 Å². The van der Waals surface area contributed by atoms with Gasteiger partial charge in [-0.1, -0.05) is 12.1 Å². The lowest BCUT2D eigenvalue weighted by Gasteiger charge is -2.31. The Bertz CT molecular complexity index is 656. The normalized spacial score (nSPS) is 14.6. The molecule has 0 radical (unpaired) electrons. The summed E-state index contributed by atoms with van der Waals surface area (Å²) in [5.41, 5.74) is 1.16. The molecule has 25 heavy (non-hydrogen) atoms. The Kier molecular flexibility index (Phi) is 6.84. The van der Waals surface area contributed by atoms with Crippen molar-refractivity contribution >= 4 is 12.3 Å². The summed E-state index contributed by atoms with van der Waals surface area (Å²) in [6.07, 6.45) is 3.06. The molecule has 0 bridgehead atoms. The summed E-state index contributed by atoms with van der Waals surface area (Å²) in [6, 6.07) is 9.58. The smallest absolute Gasteiger partial charge is 0.263 e. The first-order valence-electron chi connectivity index (χ1n) is 8.12. The Hall–Kier alpha value is -3.01. The molecule has 0 saturated carbocycles. The maximum atomic E-state index is 12.1. The van der Waals surface area contributed by atoms with Crippen molar-refractivity contribution in [3.05, 3.63) is 41.6 Å². The Labute approximate surface area is 147 Å². The Morgan fingerprint density at radius 1 is 1.24 bits per heavy atom. The highest BCUT2D eigenvalue weighted by molar-refractivity contribution is 5.97. The maximum absolute atomic E-state index is 12.1. The van der Waals surface area contributed by atoms with Crippen LogP contribution in [0.3, 0.4) is 0 Å². The molecule has 0 unspecified atom stereocenters. The van der Waals surface area contributed by atoms with E-state index in [0.29, 0.717) is 39.1 Å². The molecule has 1 aromatic carbocycles. The van der Waals surface area contributed by atoms with E-state index in [2.05, 4.69) is 5.32 Å². The van der Waals surface area contributed by atoms with Crippen molar-refractivity contribution in [1.82, 2.24) is 15.1 Å². The van der Waals surface area contributed by atoms with Crippen molar-refractivity contribution in [1.29, 1.82) is 5.26 Å². The number of carbonyl (C=O) groups excluding carboxylic acids is 2. The van der Waals surface area contributed by atoms with Crippen molar-refractivity contribution in [2.24, 2.45) is 0 Å². The number of nitrogens with one attached hydrogen (secondary N) is 1. The van der Waals surface area contributed by atoms with Crippen molar-refractivity contribution < 1.29 is 14.3 Å². The fourth-order valence-electron chi connectivity index (χ4n) is 2.50. The van der Waals surface area contributed by atoms with Gasteiger partial charge in [-0.15, -0.1) is 0 Å². The molecule has 132 valence electrons. The van der Waals surface area contributed by atoms with E-state index in [9.17, 15) is 14.9 Å². The van der Waals surface area contributed by atoms with Gasteiger partial charge in [0, 0.05) is 38.9 Å². The Morgan fingerprint density at radius 2 is 1.88 bits per heavy atom. The molecular formula is C18H22N4O3. The number of carbonyl (C=O) groups is 2. The van der Waals surface area contributed by atoms with E-state index in [1.807, 2.05) is 35.2 Å². The lowest BCUT2D eigenvalue weighted by Crippen LogP contribution is -2.43. The first-order chi connectivity index (χ1) is 12.2. The first kappa shape index (κ1) is 18.3. The molecule has 7 nitrogen and oxygen atoms in total. The van der Waals surface area contributed by atoms with Crippen LogP contribution in [-0.2, 0) is 16.0 Å². The van der Waals surface area contributed by atoms with Crippen LogP contribution in [0, 0.1) is 11.3 Å². The molecule has 1 saturated heterocycles. The minimum absolute atomic E-state index is 0.0780. The molecule has 1 aliphatic heterocycles. The van der Waals surface area contributed by atoms with Crippen molar-refractivity contribution in [2.75, 3.05) is 39.8 Å². The molecule has 0 atom stereocenters. The highest BCUT2D eigenvalue weighted by Gasteiger charge is 2.15. The fraction of sp³-hybridized carbons (Fsp3) is 0.389. The Balaban J connectivity index is 1.82.